The summed E-state index contributed by atoms with van der Waals surface area (Å²) in [6.07, 6.45) is -4.58. The normalized spacial score (nSPS) is 11.5. The van der Waals surface area contributed by atoms with Crippen LogP contribution in [-0.4, -0.2) is 5.24 Å². The van der Waals surface area contributed by atoms with E-state index in [4.69, 9.17) is 11.6 Å². The van der Waals surface area contributed by atoms with E-state index in [2.05, 4.69) is 0 Å². The second-order valence-corrected chi connectivity index (χ2v) is 3.66. The summed E-state index contributed by atoms with van der Waals surface area (Å²) in [5, 5.41) is -0.672. The minimum Gasteiger partial charge on any atom is -0.281 e. The topological polar surface area (TPSA) is 17.1 Å². The molecule has 0 unspecified atom stereocenters. The summed E-state index contributed by atoms with van der Waals surface area (Å²) in [7, 11) is 0. The fourth-order valence-electron chi connectivity index (χ4n) is 1.29. The molecule has 0 fully saturated rings. The van der Waals surface area contributed by atoms with E-state index in [1.807, 2.05) is 0 Å². The van der Waals surface area contributed by atoms with Crippen molar-refractivity contribution in [2.45, 2.75) is 19.5 Å². The van der Waals surface area contributed by atoms with E-state index in [1.54, 1.807) is 0 Å². The van der Waals surface area contributed by atoms with Gasteiger partial charge < -0.3 is 0 Å². The highest BCUT2D eigenvalue weighted by atomic mass is 35.5. The molecule has 0 bridgehead atoms. The number of carbonyl (C=O) groups is 1. The van der Waals surface area contributed by atoms with Crippen molar-refractivity contribution in [1.29, 1.82) is 0 Å². The zero-order valence-corrected chi connectivity index (χ0v) is 8.62. The Morgan fingerprint density at radius 3 is 2.40 bits per heavy atom. The fraction of sp³-hybridized carbons (Fsp3) is 0.300. The Morgan fingerprint density at radius 2 is 1.93 bits per heavy atom. The van der Waals surface area contributed by atoms with Crippen molar-refractivity contribution in [1.82, 2.24) is 0 Å². The SMILES string of the molecule is Cc1cc(CC(=O)Cl)cc(C(F)(F)F)c1. The van der Waals surface area contributed by atoms with Crippen LogP contribution in [0.5, 0.6) is 0 Å². The minimum absolute atomic E-state index is 0.188. The number of carbonyl (C=O) groups excluding carboxylic acids is 1. The molecule has 0 amide bonds. The molecule has 0 aliphatic rings. The maximum Gasteiger partial charge on any atom is 0.416 e. The van der Waals surface area contributed by atoms with E-state index >= 15 is 0 Å². The molecule has 1 nitrogen and oxygen atoms in total. The number of alkyl halides is 3. The average Bonchev–Trinajstić information content (AvgIpc) is 1.99. The van der Waals surface area contributed by atoms with Crippen LogP contribution in [0.1, 0.15) is 16.7 Å². The Bertz CT molecular complexity index is 385. The quantitative estimate of drug-likeness (QED) is 0.720. The van der Waals surface area contributed by atoms with Crippen LogP contribution in [-0.2, 0) is 17.4 Å². The first-order valence-electron chi connectivity index (χ1n) is 4.15. The first kappa shape index (κ1) is 12.0. The molecular weight excluding hydrogens is 229 g/mol. The largest absolute Gasteiger partial charge is 0.416 e. The number of hydrogen-bond donors (Lipinski definition) is 0. The minimum atomic E-state index is -4.39. The highest BCUT2D eigenvalue weighted by Crippen LogP contribution is 2.30. The number of benzene rings is 1. The monoisotopic (exact) mass is 236 g/mol. The van der Waals surface area contributed by atoms with Gasteiger partial charge in [-0.2, -0.15) is 13.2 Å². The lowest BCUT2D eigenvalue weighted by molar-refractivity contribution is -0.137. The smallest absolute Gasteiger partial charge is 0.281 e. The van der Waals surface area contributed by atoms with Crippen LogP contribution >= 0.6 is 11.6 Å². The molecule has 0 heterocycles. The lowest BCUT2D eigenvalue weighted by atomic mass is 10.0. The van der Waals surface area contributed by atoms with Crippen molar-refractivity contribution in [3.8, 4) is 0 Å². The van der Waals surface area contributed by atoms with E-state index in [0.29, 0.717) is 5.56 Å². The maximum atomic E-state index is 12.4. The van der Waals surface area contributed by atoms with Crippen LogP contribution in [0.4, 0.5) is 13.2 Å². The van der Waals surface area contributed by atoms with Gasteiger partial charge in [-0.1, -0.05) is 11.6 Å². The predicted octanol–water partition coefficient (Wildman–Crippen LogP) is 3.32. The van der Waals surface area contributed by atoms with Crippen molar-refractivity contribution in [2.24, 2.45) is 0 Å². The molecule has 0 aliphatic heterocycles. The lowest BCUT2D eigenvalue weighted by Gasteiger charge is -2.09. The summed E-state index contributed by atoms with van der Waals surface area (Å²) in [6.45, 7) is 1.54. The lowest BCUT2D eigenvalue weighted by Crippen LogP contribution is -2.07. The van der Waals surface area contributed by atoms with Crippen LogP contribution in [0.3, 0.4) is 0 Å². The zero-order valence-electron chi connectivity index (χ0n) is 7.86. The van der Waals surface area contributed by atoms with E-state index in [1.165, 1.54) is 13.0 Å². The zero-order chi connectivity index (χ0) is 11.6. The molecule has 0 radical (unpaired) electrons. The summed E-state index contributed by atoms with van der Waals surface area (Å²) in [4.78, 5) is 10.6. The molecule has 0 N–H and O–H groups in total. The van der Waals surface area contributed by atoms with Gasteiger partial charge in [-0.05, 0) is 36.2 Å². The number of halogens is 4. The van der Waals surface area contributed by atoms with Gasteiger partial charge in [0.2, 0.25) is 5.24 Å². The van der Waals surface area contributed by atoms with Crippen molar-refractivity contribution in [2.75, 3.05) is 0 Å². The molecule has 0 saturated carbocycles. The second-order valence-electron chi connectivity index (χ2n) is 3.24. The van der Waals surface area contributed by atoms with Gasteiger partial charge in [0.25, 0.3) is 0 Å². The summed E-state index contributed by atoms with van der Waals surface area (Å²) >= 11 is 5.11. The Balaban J connectivity index is 3.11. The fourth-order valence-corrected chi connectivity index (χ4v) is 1.44. The summed E-state index contributed by atoms with van der Waals surface area (Å²) in [5.41, 5.74) is -0.0181. The van der Waals surface area contributed by atoms with Gasteiger partial charge in [-0.15, -0.1) is 0 Å². The van der Waals surface area contributed by atoms with Crippen LogP contribution in [0.2, 0.25) is 0 Å². The molecule has 0 aromatic heterocycles. The molecular formula is C10H8ClF3O. The van der Waals surface area contributed by atoms with E-state index < -0.39 is 17.0 Å². The molecule has 1 aromatic carbocycles. The number of rotatable bonds is 2. The highest BCUT2D eigenvalue weighted by molar-refractivity contribution is 6.63. The van der Waals surface area contributed by atoms with Crippen LogP contribution < -0.4 is 0 Å². The predicted molar refractivity (Wildman–Crippen MR) is 50.7 cm³/mol. The molecule has 0 aliphatic carbocycles. The summed E-state index contributed by atoms with van der Waals surface area (Å²) in [5.74, 6) is 0. The van der Waals surface area contributed by atoms with Crippen molar-refractivity contribution < 1.29 is 18.0 Å². The second kappa shape index (κ2) is 4.23. The third kappa shape index (κ3) is 3.55. The van der Waals surface area contributed by atoms with Crippen LogP contribution in [0.25, 0.3) is 0 Å². The maximum absolute atomic E-state index is 12.4. The Kier molecular flexibility index (Phi) is 3.39. The van der Waals surface area contributed by atoms with Gasteiger partial charge in [-0.3, -0.25) is 4.79 Å². The summed E-state index contributed by atoms with van der Waals surface area (Å²) < 4.78 is 37.1. The highest BCUT2D eigenvalue weighted by Gasteiger charge is 2.30. The molecule has 1 rings (SSSR count). The molecule has 0 saturated heterocycles. The van der Waals surface area contributed by atoms with E-state index in [-0.39, 0.29) is 12.0 Å². The van der Waals surface area contributed by atoms with Crippen LogP contribution in [0.15, 0.2) is 18.2 Å². The first-order chi connectivity index (χ1) is 6.79. The van der Waals surface area contributed by atoms with E-state index in [0.717, 1.165) is 12.1 Å². The average molecular weight is 237 g/mol. The first-order valence-corrected chi connectivity index (χ1v) is 4.53. The van der Waals surface area contributed by atoms with E-state index in [9.17, 15) is 18.0 Å². The van der Waals surface area contributed by atoms with Gasteiger partial charge in [-0.25, -0.2) is 0 Å². The number of aryl methyl sites for hydroxylation is 1. The molecule has 5 heteroatoms. The molecule has 82 valence electrons. The molecule has 0 atom stereocenters. The Morgan fingerprint density at radius 1 is 1.33 bits per heavy atom. The molecule has 1 aromatic rings. The third-order valence-electron chi connectivity index (χ3n) is 1.81. The third-order valence-corrected chi connectivity index (χ3v) is 1.94. The molecule has 0 spiro atoms. The van der Waals surface area contributed by atoms with Crippen molar-refractivity contribution in [3.63, 3.8) is 0 Å². The van der Waals surface area contributed by atoms with Crippen LogP contribution in [0, 0.1) is 6.92 Å². The van der Waals surface area contributed by atoms with Gasteiger partial charge in [0.05, 0.1) is 5.56 Å². The van der Waals surface area contributed by atoms with Crippen molar-refractivity contribution >= 4 is 16.8 Å². The molecule has 15 heavy (non-hydrogen) atoms. The van der Waals surface area contributed by atoms with Crippen molar-refractivity contribution in [3.05, 3.63) is 34.9 Å². The Hall–Kier alpha value is -1.03. The van der Waals surface area contributed by atoms with Gasteiger partial charge in [0.15, 0.2) is 0 Å². The summed E-state index contributed by atoms with van der Waals surface area (Å²) in [6, 6.07) is 3.48. The number of hydrogen-bond acceptors (Lipinski definition) is 1. The van der Waals surface area contributed by atoms with Gasteiger partial charge in [0, 0.05) is 6.42 Å². The van der Waals surface area contributed by atoms with Gasteiger partial charge >= 0.3 is 6.18 Å². The standard InChI is InChI=1S/C10H8ClF3O/c1-6-2-7(5-9(11)15)4-8(3-6)10(12,13)14/h2-4H,5H2,1H3. The Labute approximate surface area is 89.9 Å². The van der Waals surface area contributed by atoms with Gasteiger partial charge in [0.1, 0.15) is 0 Å².